The average Bonchev–Trinajstić information content (AvgIpc) is 3.74. The summed E-state index contributed by atoms with van der Waals surface area (Å²) in [5.41, 5.74) is 9.93. The quantitative estimate of drug-likeness (QED) is 0.186. The highest BCUT2D eigenvalue weighted by Crippen LogP contribution is 2.46. The summed E-state index contributed by atoms with van der Waals surface area (Å²) in [6, 6.07) is 63.0. The van der Waals surface area contributed by atoms with Gasteiger partial charge in [-0.25, -0.2) is 0 Å². The van der Waals surface area contributed by atoms with Crippen molar-refractivity contribution in [1.82, 2.24) is 0 Å². The Labute approximate surface area is 287 Å². The lowest BCUT2D eigenvalue weighted by Gasteiger charge is -2.26. The second kappa shape index (κ2) is 11.2. The first-order chi connectivity index (χ1) is 24.3. The van der Waals surface area contributed by atoms with E-state index in [-0.39, 0.29) is 0 Å². The third-order valence-corrected chi connectivity index (χ3v) is 10.8. The zero-order chi connectivity index (χ0) is 32.3. The van der Waals surface area contributed by atoms with Gasteiger partial charge in [-0.1, -0.05) is 121 Å². The third kappa shape index (κ3) is 4.55. The minimum atomic E-state index is 0.872. The van der Waals surface area contributed by atoms with Gasteiger partial charge < -0.3 is 9.32 Å². The fourth-order valence-corrected chi connectivity index (χ4v) is 8.58. The van der Waals surface area contributed by atoms with Crippen LogP contribution in [-0.4, -0.2) is 0 Å². The van der Waals surface area contributed by atoms with Crippen molar-refractivity contribution in [3.63, 3.8) is 0 Å². The van der Waals surface area contributed by atoms with Crippen molar-refractivity contribution < 1.29 is 4.42 Å². The molecule has 10 aromatic rings. The van der Waals surface area contributed by atoms with Gasteiger partial charge in [0.25, 0.3) is 0 Å². The predicted molar refractivity (Wildman–Crippen MR) is 210 cm³/mol. The summed E-state index contributed by atoms with van der Waals surface area (Å²) in [6.45, 7) is 0. The number of hydrogen-bond acceptors (Lipinski definition) is 3. The molecule has 10 rings (SSSR count). The standard InChI is InChI=1S/C46H29NOS/c1-3-13-30(14-4-1)31-15-11-16-32(27-31)40-29-41-36-26-25-34(28-43(36)48-45(41)38-21-8-7-19-35(38)40)47(33-17-5-2-6-18-33)42-23-12-22-39-37-20-9-10-24-44(37)49-46(39)42/h1-29H. The van der Waals surface area contributed by atoms with Crippen molar-refractivity contribution in [3.05, 3.63) is 176 Å². The van der Waals surface area contributed by atoms with Crippen LogP contribution in [0.1, 0.15) is 0 Å². The molecule has 0 aliphatic carbocycles. The maximum absolute atomic E-state index is 6.82. The topological polar surface area (TPSA) is 16.4 Å². The summed E-state index contributed by atoms with van der Waals surface area (Å²) in [4.78, 5) is 2.36. The molecule has 0 bridgehead atoms. The number of thiophene rings is 1. The van der Waals surface area contributed by atoms with Crippen LogP contribution in [0.2, 0.25) is 0 Å². The van der Waals surface area contributed by atoms with Crippen LogP contribution in [0.25, 0.3) is 75.1 Å². The van der Waals surface area contributed by atoms with Crippen LogP contribution < -0.4 is 4.90 Å². The van der Waals surface area contributed by atoms with Crippen molar-refractivity contribution in [2.24, 2.45) is 0 Å². The van der Waals surface area contributed by atoms with Crippen LogP contribution in [0.15, 0.2) is 180 Å². The maximum atomic E-state index is 6.82. The summed E-state index contributed by atoms with van der Waals surface area (Å²) >= 11 is 1.85. The van der Waals surface area contributed by atoms with Crippen LogP contribution in [0.4, 0.5) is 17.1 Å². The Morgan fingerprint density at radius 2 is 1.08 bits per heavy atom. The Kier molecular flexibility index (Phi) is 6.39. The first-order valence-corrected chi connectivity index (χ1v) is 17.4. The summed E-state index contributed by atoms with van der Waals surface area (Å²) in [7, 11) is 0. The first-order valence-electron chi connectivity index (χ1n) is 16.6. The van der Waals surface area contributed by atoms with E-state index in [9.17, 15) is 0 Å². The Balaban J connectivity index is 1.18. The van der Waals surface area contributed by atoms with Gasteiger partial charge in [-0.3, -0.25) is 0 Å². The predicted octanol–water partition coefficient (Wildman–Crippen LogP) is 13.9. The Morgan fingerprint density at radius 1 is 0.408 bits per heavy atom. The number of para-hydroxylation sites is 1. The van der Waals surface area contributed by atoms with Crippen LogP contribution in [0.3, 0.4) is 0 Å². The molecule has 0 atom stereocenters. The van der Waals surface area contributed by atoms with Crippen LogP contribution in [0, 0.1) is 0 Å². The van der Waals surface area contributed by atoms with Gasteiger partial charge >= 0.3 is 0 Å². The van der Waals surface area contributed by atoms with E-state index in [1.165, 1.54) is 47.8 Å². The lowest BCUT2D eigenvalue weighted by Crippen LogP contribution is -2.09. The van der Waals surface area contributed by atoms with E-state index in [0.717, 1.165) is 44.4 Å². The second-order valence-corrected chi connectivity index (χ2v) is 13.6. The highest BCUT2D eigenvalue weighted by molar-refractivity contribution is 7.26. The molecule has 8 aromatic carbocycles. The molecular weight excluding hydrogens is 615 g/mol. The van der Waals surface area contributed by atoms with Crippen molar-refractivity contribution in [1.29, 1.82) is 0 Å². The highest BCUT2D eigenvalue weighted by Gasteiger charge is 2.20. The van der Waals surface area contributed by atoms with Gasteiger partial charge in [0.05, 0.1) is 10.4 Å². The largest absolute Gasteiger partial charge is 0.455 e. The van der Waals surface area contributed by atoms with E-state index < -0.39 is 0 Å². The van der Waals surface area contributed by atoms with Crippen LogP contribution in [-0.2, 0) is 0 Å². The number of anilines is 3. The van der Waals surface area contributed by atoms with Gasteiger partial charge in [0.2, 0.25) is 0 Å². The molecule has 2 aromatic heterocycles. The van der Waals surface area contributed by atoms with Gasteiger partial charge in [0.1, 0.15) is 11.2 Å². The van der Waals surface area contributed by atoms with Crippen molar-refractivity contribution in [3.8, 4) is 22.3 Å². The second-order valence-electron chi connectivity index (χ2n) is 12.5. The average molecular weight is 644 g/mol. The van der Waals surface area contributed by atoms with Gasteiger partial charge in [0.15, 0.2) is 0 Å². The monoisotopic (exact) mass is 643 g/mol. The van der Waals surface area contributed by atoms with E-state index >= 15 is 0 Å². The minimum Gasteiger partial charge on any atom is -0.455 e. The molecule has 0 spiro atoms. The number of nitrogens with zero attached hydrogens (tertiary/aromatic N) is 1. The van der Waals surface area contributed by atoms with E-state index in [4.69, 9.17) is 4.42 Å². The van der Waals surface area contributed by atoms with Crippen molar-refractivity contribution >= 4 is 81.3 Å². The SMILES string of the molecule is c1ccc(-c2cccc(-c3cc4c5ccc(N(c6ccccc6)c6cccc7c6sc6ccccc67)cc5oc4c4ccccc34)c2)cc1. The molecule has 0 aliphatic rings. The van der Waals surface area contributed by atoms with Crippen molar-refractivity contribution in [2.75, 3.05) is 4.90 Å². The fourth-order valence-electron chi connectivity index (χ4n) is 7.37. The Hall–Kier alpha value is -6.16. The normalized spacial score (nSPS) is 11.7. The smallest absolute Gasteiger partial charge is 0.143 e. The molecule has 230 valence electrons. The molecule has 0 aliphatic heterocycles. The fraction of sp³-hybridized carbons (Fsp3) is 0. The highest BCUT2D eigenvalue weighted by atomic mass is 32.1. The first kappa shape index (κ1) is 27.9. The zero-order valence-electron chi connectivity index (χ0n) is 26.5. The Morgan fingerprint density at radius 3 is 1.94 bits per heavy atom. The lowest BCUT2D eigenvalue weighted by atomic mass is 9.93. The molecule has 0 N–H and O–H groups in total. The number of fused-ring (bicyclic) bond motifs is 8. The van der Waals surface area contributed by atoms with Gasteiger partial charge in [-0.05, 0) is 76.2 Å². The number of benzene rings is 8. The van der Waals surface area contributed by atoms with Crippen molar-refractivity contribution in [2.45, 2.75) is 0 Å². The van der Waals surface area contributed by atoms with Gasteiger partial charge in [0, 0.05) is 49.1 Å². The summed E-state index contributed by atoms with van der Waals surface area (Å²) < 4.78 is 9.39. The number of hydrogen-bond donors (Lipinski definition) is 0. The van der Waals surface area contributed by atoms with Gasteiger partial charge in [-0.15, -0.1) is 11.3 Å². The van der Waals surface area contributed by atoms with Crippen LogP contribution in [0.5, 0.6) is 0 Å². The molecule has 0 unspecified atom stereocenters. The molecule has 2 heterocycles. The molecule has 3 heteroatoms. The minimum absolute atomic E-state index is 0.872. The third-order valence-electron chi connectivity index (χ3n) is 9.64. The lowest BCUT2D eigenvalue weighted by molar-refractivity contribution is 0.673. The van der Waals surface area contributed by atoms with E-state index in [1.807, 2.05) is 11.3 Å². The molecule has 0 amide bonds. The van der Waals surface area contributed by atoms with Crippen LogP contribution >= 0.6 is 11.3 Å². The molecule has 0 saturated heterocycles. The molecule has 0 radical (unpaired) electrons. The molecule has 49 heavy (non-hydrogen) atoms. The summed E-state index contributed by atoms with van der Waals surface area (Å²) in [6.07, 6.45) is 0. The molecule has 0 fully saturated rings. The maximum Gasteiger partial charge on any atom is 0.143 e. The Bertz CT molecular complexity index is 2830. The van der Waals surface area contributed by atoms with E-state index in [2.05, 4.69) is 181 Å². The molecule has 0 saturated carbocycles. The van der Waals surface area contributed by atoms with E-state index in [0.29, 0.717) is 0 Å². The zero-order valence-corrected chi connectivity index (χ0v) is 27.3. The molecular formula is C46H29NOS. The molecule has 2 nitrogen and oxygen atoms in total. The number of rotatable bonds is 5. The summed E-state index contributed by atoms with van der Waals surface area (Å²) in [5, 5.41) is 7.10. The van der Waals surface area contributed by atoms with Gasteiger partial charge in [-0.2, -0.15) is 0 Å². The summed E-state index contributed by atoms with van der Waals surface area (Å²) in [5.74, 6) is 0. The van der Waals surface area contributed by atoms with E-state index in [1.54, 1.807) is 0 Å². The number of furan rings is 1.